The Morgan fingerprint density at radius 3 is 2.31 bits per heavy atom. The van der Waals surface area contributed by atoms with Crippen LogP contribution in [0.3, 0.4) is 0 Å². The molecule has 1 saturated heterocycles. The van der Waals surface area contributed by atoms with E-state index in [2.05, 4.69) is 20.9 Å². The number of hydrogen-bond donors (Lipinski definition) is 6. The van der Waals surface area contributed by atoms with Gasteiger partial charge in [-0.15, -0.1) is 0 Å². The maximum absolute atomic E-state index is 13.8. The molecule has 1 aliphatic heterocycles. The van der Waals surface area contributed by atoms with Crippen molar-refractivity contribution >= 4 is 57.1 Å². The Morgan fingerprint density at radius 1 is 1.04 bits per heavy atom. The number of sulfonamides is 1. The smallest absolute Gasteiger partial charge is 0.417 e. The number of benzene rings is 1. The standard InChI is InChI=1S/C34H43ClF3N7O9S/c1-33(2,3)29(31(50)45-14-6-8-20(45)16-26(39)46)43-30(49)25(15-19-7-4-5-13-40-19)42-28(48)18-41-27(47)12-11-24(32(51)52)44-55(53,54)21-9-10-23(35)22(17-21)34(36,37)38/h4-5,7,9-10,13,17,20,24-25,29,44H,6,8,11-12,14-16,18H2,1-3H3,(H2,39,46)(H,41,47)(H,42,48)(H,43,49)(H,51,52)/t20-,24-,25-,29+/m0/s1. The van der Waals surface area contributed by atoms with Crippen molar-refractivity contribution in [1.29, 1.82) is 0 Å². The van der Waals surface area contributed by atoms with E-state index in [0.717, 1.165) is 6.07 Å². The number of pyridine rings is 1. The number of primary amides is 1. The highest BCUT2D eigenvalue weighted by molar-refractivity contribution is 7.89. The lowest BCUT2D eigenvalue weighted by Gasteiger charge is -2.36. The third-order valence-electron chi connectivity index (χ3n) is 8.54. The first kappa shape index (κ1) is 44.6. The molecule has 16 nitrogen and oxygen atoms in total. The summed E-state index contributed by atoms with van der Waals surface area (Å²) in [5.41, 5.74) is 3.51. The number of carboxylic acids is 1. The van der Waals surface area contributed by atoms with Gasteiger partial charge in [0.2, 0.25) is 39.6 Å². The number of aliphatic carboxylic acids is 1. The van der Waals surface area contributed by atoms with Gasteiger partial charge in [0.15, 0.2) is 0 Å². The van der Waals surface area contributed by atoms with Crippen LogP contribution < -0.4 is 26.4 Å². The zero-order chi connectivity index (χ0) is 41.3. The maximum atomic E-state index is 13.8. The lowest BCUT2D eigenvalue weighted by Crippen LogP contribution is -2.60. The molecular weight excluding hydrogens is 775 g/mol. The predicted octanol–water partition coefficient (Wildman–Crippen LogP) is 1.51. The van der Waals surface area contributed by atoms with Gasteiger partial charge in [-0.25, -0.2) is 8.42 Å². The van der Waals surface area contributed by atoms with E-state index in [9.17, 15) is 55.5 Å². The number of likely N-dealkylation sites (tertiary alicyclic amines) is 1. The van der Waals surface area contributed by atoms with Crippen molar-refractivity contribution < 1.29 is 55.5 Å². The highest BCUT2D eigenvalue weighted by atomic mass is 35.5. The summed E-state index contributed by atoms with van der Waals surface area (Å²) in [5.74, 6) is -5.24. The molecule has 4 atom stereocenters. The third-order valence-corrected chi connectivity index (χ3v) is 10.3. The van der Waals surface area contributed by atoms with Crippen LogP contribution in [0.25, 0.3) is 0 Å². The molecule has 0 bridgehead atoms. The zero-order valence-electron chi connectivity index (χ0n) is 30.1. The summed E-state index contributed by atoms with van der Waals surface area (Å²) < 4.78 is 67.0. The van der Waals surface area contributed by atoms with E-state index < -0.39 is 116 Å². The molecule has 0 aliphatic carbocycles. The van der Waals surface area contributed by atoms with Gasteiger partial charge < -0.3 is 31.7 Å². The molecule has 302 valence electrons. The Labute approximate surface area is 320 Å². The van der Waals surface area contributed by atoms with Crippen molar-refractivity contribution in [3.63, 3.8) is 0 Å². The number of carbonyl (C=O) groups is 6. The number of carbonyl (C=O) groups excluding carboxylic acids is 5. The number of rotatable bonds is 17. The zero-order valence-corrected chi connectivity index (χ0v) is 31.7. The highest BCUT2D eigenvalue weighted by Gasteiger charge is 2.41. The first-order valence-electron chi connectivity index (χ1n) is 17.0. The summed E-state index contributed by atoms with van der Waals surface area (Å²) in [4.78, 5) is 81.3. The normalized spacial score (nSPS) is 16.4. The number of hydrogen-bond acceptors (Lipinski definition) is 9. The van der Waals surface area contributed by atoms with Gasteiger partial charge in [-0.1, -0.05) is 38.4 Å². The van der Waals surface area contributed by atoms with E-state index in [0.29, 0.717) is 31.1 Å². The minimum atomic E-state index is -5.00. The maximum Gasteiger partial charge on any atom is 0.417 e. The summed E-state index contributed by atoms with van der Waals surface area (Å²) in [7, 11) is -4.83. The fourth-order valence-electron chi connectivity index (χ4n) is 5.73. The second-order valence-electron chi connectivity index (χ2n) is 13.9. The van der Waals surface area contributed by atoms with E-state index in [-0.39, 0.29) is 18.9 Å². The third kappa shape index (κ3) is 13.2. The monoisotopic (exact) mass is 817 g/mol. The summed E-state index contributed by atoms with van der Waals surface area (Å²) in [6.45, 7) is 4.86. The molecule has 5 amide bonds. The van der Waals surface area contributed by atoms with Crippen molar-refractivity contribution in [2.75, 3.05) is 13.1 Å². The van der Waals surface area contributed by atoms with Gasteiger partial charge in [0, 0.05) is 43.7 Å². The van der Waals surface area contributed by atoms with Crippen LogP contribution in [0.5, 0.6) is 0 Å². The largest absolute Gasteiger partial charge is 0.480 e. The van der Waals surface area contributed by atoms with E-state index in [1.54, 1.807) is 43.7 Å². The SMILES string of the molecule is CC(C)(C)[C@H](NC(=O)[C@H](Cc1ccccn1)NC(=O)CNC(=O)CC[C@H](NS(=O)(=O)c1ccc(Cl)c(C(F)(F)F)c1)C(=O)O)C(=O)N1CCC[C@H]1CC(N)=O. The Morgan fingerprint density at radius 2 is 1.73 bits per heavy atom. The molecule has 0 spiro atoms. The van der Waals surface area contributed by atoms with Crippen LogP contribution in [0, 0.1) is 5.41 Å². The van der Waals surface area contributed by atoms with Gasteiger partial charge in [-0.3, -0.25) is 33.8 Å². The Hall–Kier alpha value is -4.82. The first-order chi connectivity index (χ1) is 25.5. The second-order valence-corrected chi connectivity index (χ2v) is 16.0. The van der Waals surface area contributed by atoms with Crippen molar-refractivity contribution in [1.82, 2.24) is 30.6 Å². The van der Waals surface area contributed by atoms with E-state index >= 15 is 0 Å². The number of aromatic nitrogens is 1. The molecule has 1 aromatic carbocycles. The van der Waals surface area contributed by atoms with Crippen LogP contribution in [0.1, 0.15) is 64.1 Å². The fraction of sp³-hybridized carbons (Fsp3) is 0.500. The van der Waals surface area contributed by atoms with Gasteiger partial charge in [0.05, 0.1) is 22.0 Å². The second kappa shape index (κ2) is 18.7. The van der Waals surface area contributed by atoms with E-state index in [4.69, 9.17) is 17.3 Å². The molecule has 0 saturated carbocycles. The molecule has 7 N–H and O–H groups in total. The fourth-order valence-corrected chi connectivity index (χ4v) is 7.20. The minimum Gasteiger partial charge on any atom is -0.480 e. The van der Waals surface area contributed by atoms with Crippen LogP contribution in [-0.4, -0.2) is 96.2 Å². The summed E-state index contributed by atoms with van der Waals surface area (Å²) in [5, 5.41) is 16.3. The van der Waals surface area contributed by atoms with Gasteiger partial charge >= 0.3 is 12.1 Å². The minimum absolute atomic E-state index is 0.0390. The summed E-state index contributed by atoms with van der Waals surface area (Å²) >= 11 is 5.54. The van der Waals surface area contributed by atoms with E-state index in [1.807, 2.05) is 0 Å². The molecule has 1 aromatic heterocycles. The van der Waals surface area contributed by atoms with E-state index in [1.165, 1.54) is 11.1 Å². The molecule has 21 heteroatoms. The van der Waals surface area contributed by atoms with Crippen LogP contribution in [0.15, 0.2) is 47.5 Å². The molecule has 3 rings (SSSR count). The molecule has 2 aromatic rings. The summed E-state index contributed by atoms with van der Waals surface area (Å²) in [6.07, 6.45) is -3.78. The van der Waals surface area contributed by atoms with Crippen molar-refractivity contribution in [2.24, 2.45) is 11.1 Å². The number of alkyl halides is 3. The van der Waals surface area contributed by atoms with Crippen molar-refractivity contribution in [2.45, 2.75) is 94.5 Å². The van der Waals surface area contributed by atoms with Crippen LogP contribution in [-0.2, 0) is 51.4 Å². The Bertz CT molecular complexity index is 1860. The number of nitrogens with two attached hydrogens (primary N) is 1. The molecule has 0 radical (unpaired) electrons. The van der Waals surface area contributed by atoms with Gasteiger partial charge in [-0.2, -0.15) is 17.9 Å². The molecular formula is C34H43ClF3N7O9S. The molecule has 55 heavy (non-hydrogen) atoms. The number of amides is 5. The van der Waals surface area contributed by atoms with Crippen LogP contribution >= 0.6 is 11.6 Å². The molecule has 2 heterocycles. The van der Waals surface area contributed by atoms with Crippen molar-refractivity contribution in [3.05, 3.63) is 58.9 Å². The Kier molecular flexibility index (Phi) is 15.1. The van der Waals surface area contributed by atoms with Crippen LogP contribution in [0.2, 0.25) is 5.02 Å². The first-order valence-corrected chi connectivity index (χ1v) is 18.8. The lowest BCUT2D eigenvalue weighted by atomic mass is 9.85. The van der Waals surface area contributed by atoms with Crippen molar-refractivity contribution in [3.8, 4) is 0 Å². The molecule has 0 unspecified atom stereocenters. The number of halogens is 4. The number of nitrogens with zero attached hydrogens (tertiary/aromatic N) is 2. The van der Waals surface area contributed by atoms with Crippen LogP contribution in [0.4, 0.5) is 13.2 Å². The quantitative estimate of drug-likeness (QED) is 0.134. The lowest BCUT2D eigenvalue weighted by molar-refractivity contribution is -0.141. The number of carboxylic acid groups (broad SMARTS) is 1. The number of nitrogens with one attached hydrogen (secondary N) is 4. The average molecular weight is 818 g/mol. The molecule has 1 aliphatic rings. The van der Waals surface area contributed by atoms with Gasteiger partial charge in [-0.05, 0) is 55.0 Å². The predicted molar refractivity (Wildman–Crippen MR) is 190 cm³/mol. The van der Waals surface area contributed by atoms with Gasteiger partial charge in [0.1, 0.15) is 18.1 Å². The summed E-state index contributed by atoms with van der Waals surface area (Å²) in [6, 6.07) is 1.83. The topological polar surface area (TPSA) is 247 Å². The average Bonchev–Trinajstić information content (AvgIpc) is 3.54. The molecule has 1 fully saturated rings. The highest BCUT2D eigenvalue weighted by Crippen LogP contribution is 2.36. The van der Waals surface area contributed by atoms with Gasteiger partial charge in [0.25, 0.3) is 0 Å². The Balaban J connectivity index is 1.67.